The van der Waals surface area contributed by atoms with E-state index in [-0.39, 0.29) is 1890 Å². The Hall–Kier alpha value is 60.0. The summed E-state index contributed by atoms with van der Waals surface area (Å²) >= 11 is 0. The Labute approximate surface area is 1840 Å². The summed E-state index contributed by atoms with van der Waals surface area (Å²) in [5.74, 6) is 0. The first-order valence-corrected chi connectivity index (χ1v) is 0. The van der Waals surface area contributed by atoms with Crippen LogP contribution in [-0.2, 0) is 1830 Å². The van der Waals surface area contributed by atoms with Gasteiger partial charge in [0.1, 0.15) is 0 Å². The molecular formula is H5Cl5Zn94+188. The van der Waals surface area contributed by atoms with Crippen LogP contribution in [0.4, 0.5) is 0 Å². The van der Waals surface area contributed by atoms with Crippen LogP contribution in [-0.4, -0.2) is 0 Å². The topological polar surface area (TPSA) is 0 Å². The van der Waals surface area contributed by atoms with Crippen molar-refractivity contribution in [1.29, 1.82) is 0 Å². The summed E-state index contributed by atoms with van der Waals surface area (Å²) in [6, 6.07) is 0. The molecule has 0 N–H and O–H groups in total. The fourth-order valence-corrected chi connectivity index (χ4v) is 0. The Morgan fingerprint density at radius 1 is 0.0202 bits per heavy atom. The van der Waals surface area contributed by atoms with E-state index in [1.54, 1.807) is 0 Å². The Kier molecular flexibility index (Phi) is 12000. The van der Waals surface area contributed by atoms with E-state index in [4.69, 9.17) is 0 Å². The number of rotatable bonds is 0. The standard InChI is InChI=1S/5ClH.94Zn/h5*1H;;;;;;;;;;;;;;;;;;;;;;;;;;;;;;;;;;;;;;;;;;;;;;;;;;;;;;;;;;;;;;;;;;;;;;;;;;;;;;;;;;;;;;;;;;;;;;/q;;;;;94*+2. The smallest absolute Gasteiger partial charge is 0.147 e. The molecule has 0 rings (SSSR count). The maximum absolute atomic E-state index is 0. The van der Waals surface area contributed by atoms with Crippen molar-refractivity contribution in [2.45, 2.75) is 0 Å². The van der Waals surface area contributed by atoms with Crippen LogP contribution in [0.1, 0.15) is 0 Å². The second kappa shape index (κ2) is 1080. The van der Waals surface area contributed by atoms with Crippen molar-refractivity contribution in [3.8, 4) is 0 Å². The van der Waals surface area contributed by atoms with Crippen LogP contribution in [0.15, 0.2) is 0 Å². The summed E-state index contributed by atoms with van der Waals surface area (Å²) in [7, 11) is 0. The van der Waals surface area contributed by atoms with Crippen LogP contribution in [0.3, 0.4) is 0 Å². The van der Waals surface area contributed by atoms with Gasteiger partial charge in [-0.05, 0) is 0 Å². The van der Waals surface area contributed by atoms with Gasteiger partial charge < -0.3 is 0 Å². The molecule has 0 aliphatic carbocycles. The predicted molar refractivity (Wildman–Crippen MR) is 36.2 cm³/mol. The predicted octanol–water partition coefficient (Wildman–Crippen LogP) is 1.87. The van der Waals surface area contributed by atoms with Crippen molar-refractivity contribution in [2.75, 3.05) is 0 Å². The average Bonchev–Trinajstić information content (AvgIpc) is 0. The van der Waals surface area contributed by atoms with Crippen molar-refractivity contribution >= 4 is 62.0 Å². The van der Waals surface area contributed by atoms with Crippen molar-refractivity contribution < 1.29 is 1830 Å². The maximum Gasteiger partial charge on any atom is 2.00 e. The third-order valence-electron chi connectivity index (χ3n) is 0. The fraction of sp³-hybridized carbons (Fsp3) is 0. The first kappa shape index (κ1) is 1100. The first-order valence-electron chi connectivity index (χ1n) is 0. The SMILES string of the molecule is Cl.Cl.Cl.Cl.Cl.[Zn+2].[Zn+2].[Zn+2].[Zn+2].[Zn+2].[Zn+2].[Zn+2].[Zn+2].[Zn+2].[Zn+2].[Zn+2].[Zn+2].[Zn+2].[Zn+2].[Zn+2].[Zn+2].[Zn+2].[Zn+2].[Zn+2].[Zn+2].[Zn+2].[Zn+2].[Zn+2].[Zn+2].[Zn+2].[Zn+2].[Zn+2].[Zn+2].[Zn+2].[Zn+2].[Zn+2].[Zn+2].[Zn+2].[Zn+2].[Zn+2].[Zn+2].[Zn+2].[Zn+2].[Zn+2].[Zn+2].[Zn+2].[Zn+2].[Zn+2].[Zn+2].[Zn+2].[Zn+2].[Zn+2].[Zn+2].[Zn+2].[Zn+2].[Zn+2].[Zn+2].[Zn+2].[Zn+2].[Zn+2].[Zn+2].[Zn+2].[Zn+2].[Zn+2].[Zn+2].[Zn+2].[Zn+2].[Zn+2].[Zn+2].[Zn+2].[Zn+2].[Zn+2].[Zn+2].[Zn+2].[Zn+2].[Zn+2].[Zn+2].[Zn+2].[Zn+2].[Zn+2].[Zn+2].[Zn+2].[Zn+2].[Zn+2].[Zn+2].[Zn+2].[Zn+2].[Zn+2].[Zn+2].[Zn+2].[Zn+2].[Zn+2].[Zn+2].[Zn+2].[Zn+2].[Zn+2].[Zn+2].[Zn+2].[Zn+2]. The molecule has 0 heterocycles. The van der Waals surface area contributed by atoms with Gasteiger partial charge in [0, 0.05) is 0 Å². The molecule has 0 saturated heterocycles. The maximum atomic E-state index is 0. The molecule has 99 heavy (non-hydrogen) atoms. The van der Waals surface area contributed by atoms with E-state index in [9.17, 15) is 0 Å². The third-order valence-corrected chi connectivity index (χ3v) is 0. The Bertz CT molecular complexity index is 28.6. The molecule has 0 nitrogen and oxygen atoms in total. The van der Waals surface area contributed by atoms with Crippen LogP contribution in [0.5, 0.6) is 0 Å². The number of hydrogen-bond donors (Lipinski definition) is 0. The van der Waals surface area contributed by atoms with E-state index in [0.29, 0.717) is 0 Å². The largest absolute Gasteiger partial charge is 2.00 e. The van der Waals surface area contributed by atoms with Crippen molar-refractivity contribution in [1.82, 2.24) is 0 Å². The molecule has 99 heteroatoms. The van der Waals surface area contributed by atoms with Crippen LogP contribution in [0.25, 0.3) is 0 Å². The molecule has 0 aromatic carbocycles. The zero-order valence-electron chi connectivity index (χ0n) is 68.5. The van der Waals surface area contributed by atoms with Crippen LogP contribution in [0.2, 0.25) is 0 Å². The van der Waals surface area contributed by atoms with Crippen LogP contribution in [0, 0.1) is 0 Å². The zero-order chi connectivity index (χ0) is 0. The molecule has 0 aromatic heterocycles. The number of hydrogen-bond acceptors (Lipinski definition) is 0. The van der Waals surface area contributed by atoms with Gasteiger partial charge in [0.2, 0.25) is 0 Å². The number of halogens is 5. The van der Waals surface area contributed by atoms with E-state index in [2.05, 4.69) is 0 Å². The molecule has 0 amide bonds. The third kappa shape index (κ3) is 1070. The van der Waals surface area contributed by atoms with Crippen molar-refractivity contribution in [2.24, 2.45) is 0 Å². The van der Waals surface area contributed by atoms with Gasteiger partial charge in [0.05, 0.1) is 0 Å². The summed E-state index contributed by atoms with van der Waals surface area (Å²) in [5, 5.41) is 0. The molecule has 0 saturated carbocycles. The minimum absolute atomic E-state index is 0. The fourth-order valence-electron chi connectivity index (χ4n) is 0. The second-order valence-corrected chi connectivity index (χ2v) is 0. The van der Waals surface area contributed by atoms with E-state index >= 15 is 0 Å². The second-order valence-electron chi connectivity index (χ2n) is 0. The summed E-state index contributed by atoms with van der Waals surface area (Å²) < 4.78 is 0. The van der Waals surface area contributed by atoms with E-state index in [1.807, 2.05) is 0 Å². The van der Waals surface area contributed by atoms with Gasteiger partial charge in [0.15, 0.2) is 0 Å². The molecule has 0 aromatic rings. The minimum Gasteiger partial charge on any atom is -0.147 e. The molecular weight excluding hydrogens is 6320 g/mol. The molecule has 0 aliphatic heterocycles. The van der Waals surface area contributed by atoms with Crippen molar-refractivity contribution in [3.05, 3.63) is 0 Å². The summed E-state index contributed by atoms with van der Waals surface area (Å²) in [4.78, 5) is 0. The zero-order valence-corrected chi connectivity index (χ0v) is 352. The van der Waals surface area contributed by atoms with Crippen molar-refractivity contribution in [3.63, 3.8) is 0 Å². The first-order chi connectivity index (χ1) is 0. The molecule has 0 atom stereocenters. The quantitative estimate of drug-likeness (QED) is 0.326. The van der Waals surface area contributed by atoms with Gasteiger partial charge in [-0.2, -0.15) is 0 Å². The van der Waals surface area contributed by atoms with Gasteiger partial charge in [-0.15, -0.1) is 62.0 Å². The van der Waals surface area contributed by atoms with Gasteiger partial charge in [-0.25, -0.2) is 0 Å². The van der Waals surface area contributed by atoms with Crippen LogP contribution >= 0.6 is 62.0 Å². The van der Waals surface area contributed by atoms with Gasteiger partial charge in [0.25, 0.3) is 0 Å². The molecule has 0 unspecified atom stereocenters. The molecule has 40 valence electrons. The van der Waals surface area contributed by atoms with E-state index in [0.717, 1.165) is 0 Å². The van der Waals surface area contributed by atoms with E-state index < -0.39 is 0 Å². The van der Waals surface area contributed by atoms with Gasteiger partial charge in [-0.3, -0.25) is 0 Å². The monoisotopic (exact) mass is 6190 g/mol. The minimum atomic E-state index is 0. The van der Waals surface area contributed by atoms with E-state index in [1.165, 1.54) is 0 Å². The van der Waals surface area contributed by atoms with Gasteiger partial charge >= 0.3 is 1830 Å². The average molecular weight is 6330 g/mol. The Morgan fingerprint density at radius 2 is 0.0202 bits per heavy atom. The molecule has 0 aliphatic rings. The van der Waals surface area contributed by atoms with Gasteiger partial charge in [-0.1, -0.05) is 0 Å². The summed E-state index contributed by atoms with van der Waals surface area (Å²) in [5.41, 5.74) is 0. The molecule has 0 spiro atoms. The molecule has 0 radical (unpaired) electrons. The molecule has 0 bridgehead atoms. The summed E-state index contributed by atoms with van der Waals surface area (Å²) in [6.45, 7) is 0. The van der Waals surface area contributed by atoms with Crippen LogP contribution < -0.4 is 0 Å². The normalized spacial score (nSPS) is 0. The summed E-state index contributed by atoms with van der Waals surface area (Å²) in [6.07, 6.45) is 0. The molecule has 0 fully saturated rings. The Morgan fingerprint density at radius 3 is 0.0202 bits per heavy atom. The Balaban J connectivity index is 0.